The van der Waals surface area contributed by atoms with Crippen LogP contribution in [0, 0.1) is 0 Å². The maximum absolute atomic E-state index is 12.4. The first-order chi connectivity index (χ1) is 13.0. The second-order valence-corrected chi connectivity index (χ2v) is 8.91. The first-order valence-electron chi connectivity index (χ1n) is 8.34. The van der Waals surface area contributed by atoms with E-state index < -0.39 is 10.0 Å². The zero-order chi connectivity index (χ0) is 19.3. The molecule has 3 rings (SSSR count). The summed E-state index contributed by atoms with van der Waals surface area (Å²) in [6, 6.07) is 15.9. The number of carbonyl (C=O) groups excluding carboxylic acids is 1. The van der Waals surface area contributed by atoms with E-state index in [1.807, 2.05) is 24.3 Å². The molecule has 1 heterocycles. The van der Waals surface area contributed by atoms with Crippen LogP contribution in [0.5, 0.6) is 0 Å². The SMILES string of the molecule is CN(CC(=O)NCCNc1nc2ccccc2s1)S(=O)(=O)c1ccccc1. The van der Waals surface area contributed by atoms with E-state index in [0.29, 0.717) is 13.1 Å². The van der Waals surface area contributed by atoms with Crippen molar-refractivity contribution < 1.29 is 13.2 Å². The molecule has 0 saturated carbocycles. The molecule has 0 aliphatic rings. The highest BCUT2D eigenvalue weighted by molar-refractivity contribution is 7.89. The molecule has 0 unspecified atom stereocenters. The highest BCUT2D eigenvalue weighted by Crippen LogP contribution is 2.24. The number of anilines is 1. The third-order valence-corrected chi connectivity index (χ3v) is 6.65. The molecule has 2 N–H and O–H groups in total. The van der Waals surface area contributed by atoms with Gasteiger partial charge in [-0.3, -0.25) is 4.79 Å². The lowest BCUT2D eigenvalue weighted by Crippen LogP contribution is -2.39. The third kappa shape index (κ3) is 4.82. The van der Waals surface area contributed by atoms with Gasteiger partial charge in [-0.25, -0.2) is 13.4 Å². The first kappa shape index (κ1) is 19.3. The summed E-state index contributed by atoms with van der Waals surface area (Å²) in [4.78, 5) is 16.6. The first-order valence-corrected chi connectivity index (χ1v) is 10.6. The summed E-state index contributed by atoms with van der Waals surface area (Å²) >= 11 is 1.55. The number of benzene rings is 2. The lowest BCUT2D eigenvalue weighted by atomic mass is 10.3. The average Bonchev–Trinajstić information content (AvgIpc) is 3.08. The predicted molar refractivity (Wildman–Crippen MR) is 107 cm³/mol. The Bertz CT molecular complexity index is 986. The molecule has 0 saturated heterocycles. The van der Waals surface area contributed by atoms with Crippen LogP contribution in [0.2, 0.25) is 0 Å². The summed E-state index contributed by atoms with van der Waals surface area (Å²) < 4.78 is 26.9. The Labute approximate surface area is 162 Å². The summed E-state index contributed by atoms with van der Waals surface area (Å²) in [5.41, 5.74) is 0.932. The summed E-state index contributed by atoms with van der Waals surface area (Å²) in [5, 5.41) is 6.66. The van der Waals surface area contributed by atoms with Crippen molar-refractivity contribution in [3.63, 3.8) is 0 Å². The van der Waals surface area contributed by atoms with Crippen molar-refractivity contribution in [3.8, 4) is 0 Å². The lowest BCUT2D eigenvalue weighted by Gasteiger charge is -2.16. The van der Waals surface area contributed by atoms with Gasteiger partial charge in [0, 0.05) is 20.1 Å². The summed E-state index contributed by atoms with van der Waals surface area (Å²) in [7, 11) is -2.28. The fourth-order valence-electron chi connectivity index (χ4n) is 2.43. The second kappa shape index (κ2) is 8.47. The molecule has 3 aromatic rings. The van der Waals surface area contributed by atoms with E-state index in [1.54, 1.807) is 29.5 Å². The van der Waals surface area contributed by atoms with E-state index in [0.717, 1.165) is 19.7 Å². The molecule has 0 aliphatic carbocycles. The number of rotatable bonds is 8. The summed E-state index contributed by atoms with van der Waals surface area (Å²) in [6.07, 6.45) is 0. The van der Waals surface area contributed by atoms with Crippen molar-refractivity contribution in [2.75, 3.05) is 32.0 Å². The van der Waals surface area contributed by atoms with Gasteiger partial charge < -0.3 is 10.6 Å². The number of hydrogen-bond donors (Lipinski definition) is 2. The van der Waals surface area contributed by atoms with E-state index in [1.165, 1.54) is 19.2 Å². The summed E-state index contributed by atoms with van der Waals surface area (Å²) in [5.74, 6) is -0.358. The zero-order valence-electron chi connectivity index (χ0n) is 14.8. The quantitative estimate of drug-likeness (QED) is 0.562. The smallest absolute Gasteiger partial charge is 0.243 e. The van der Waals surface area contributed by atoms with Gasteiger partial charge in [-0.1, -0.05) is 41.7 Å². The van der Waals surface area contributed by atoms with Gasteiger partial charge in [-0.2, -0.15) is 4.31 Å². The van der Waals surface area contributed by atoms with Crippen LogP contribution in [0.3, 0.4) is 0 Å². The van der Waals surface area contributed by atoms with Crippen molar-refractivity contribution in [1.82, 2.24) is 14.6 Å². The zero-order valence-corrected chi connectivity index (χ0v) is 16.4. The molecule has 9 heteroatoms. The van der Waals surface area contributed by atoms with Gasteiger partial charge in [0.25, 0.3) is 0 Å². The van der Waals surface area contributed by atoms with Crippen LogP contribution >= 0.6 is 11.3 Å². The topological polar surface area (TPSA) is 91.4 Å². The number of thiazole rings is 1. The number of para-hydroxylation sites is 1. The molecule has 0 aliphatic heterocycles. The van der Waals surface area contributed by atoms with Gasteiger partial charge in [0.05, 0.1) is 21.7 Å². The number of amides is 1. The fraction of sp³-hybridized carbons (Fsp3) is 0.222. The Kier molecular flexibility index (Phi) is 6.04. The Balaban J connectivity index is 1.45. The van der Waals surface area contributed by atoms with E-state index in [-0.39, 0.29) is 17.3 Å². The molecule has 0 atom stereocenters. The van der Waals surface area contributed by atoms with E-state index in [2.05, 4.69) is 15.6 Å². The van der Waals surface area contributed by atoms with Crippen molar-refractivity contribution in [1.29, 1.82) is 0 Å². The Hall–Kier alpha value is -2.49. The number of fused-ring (bicyclic) bond motifs is 1. The standard InChI is InChI=1S/C18H20N4O3S2/c1-22(27(24,25)14-7-3-2-4-8-14)13-17(23)19-11-12-20-18-21-15-9-5-6-10-16(15)26-18/h2-10H,11-13H2,1H3,(H,19,23)(H,20,21). The predicted octanol–water partition coefficient (Wildman–Crippen LogP) is 2.15. The number of carbonyl (C=O) groups is 1. The van der Waals surface area contributed by atoms with Crippen molar-refractivity contribution in [2.45, 2.75) is 4.90 Å². The normalized spacial score (nSPS) is 11.6. The Morgan fingerprint density at radius 2 is 1.78 bits per heavy atom. The van der Waals surface area contributed by atoms with Crippen molar-refractivity contribution in [2.24, 2.45) is 0 Å². The highest BCUT2D eigenvalue weighted by Gasteiger charge is 2.22. The average molecular weight is 405 g/mol. The molecular weight excluding hydrogens is 384 g/mol. The van der Waals surface area contributed by atoms with Gasteiger partial charge >= 0.3 is 0 Å². The number of sulfonamides is 1. The van der Waals surface area contributed by atoms with Crippen LogP contribution in [0.1, 0.15) is 0 Å². The van der Waals surface area contributed by atoms with Crippen LogP contribution in [-0.2, 0) is 14.8 Å². The van der Waals surface area contributed by atoms with Gasteiger partial charge in [0.2, 0.25) is 15.9 Å². The van der Waals surface area contributed by atoms with Gasteiger partial charge in [0.1, 0.15) is 0 Å². The molecule has 1 aromatic heterocycles. The van der Waals surface area contributed by atoms with Crippen LogP contribution in [0.4, 0.5) is 5.13 Å². The molecule has 0 spiro atoms. The van der Waals surface area contributed by atoms with E-state index >= 15 is 0 Å². The maximum atomic E-state index is 12.4. The maximum Gasteiger partial charge on any atom is 0.243 e. The third-order valence-electron chi connectivity index (χ3n) is 3.83. The lowest BCUT2D eigenvalue weighted by molar-refractivity contribution is -0.121. The molecule has 7 nitrogen and oxygen atoms in total. The number of nitrogens with one attached hydrogen (secondary N) is 2. The van der Waals surface area contributed by atoms with Crippen LogP contribution in [-0.4, -0.2) is 50.3 Å². The Morgan fingerprint density at radius 3 is 2.52 bits per heavy atom. The minimum atomic E-state index is -3.67. The monoisotopic (exact) mass is 404 g/mol. The largest absolute Gasteiger partial charge is 0.360 e. The molecule has 1 amide bonds. The minimum absolute atomic E-state index is 0.165. The van der Waals surface area contributed by atoms with Crippen molar-refractivity contribution in [3.05, 3.63) is 54.6 Å². The fourth-order valence-corrected chi connectivity index (χ4v) is 4.47. The highest BCUT2D eigenvalue weighted by atomic mass is 32.2. The Morgan fingerprint density at radius 1 is 1.07 bits per heavy atom. The molecule has 27 heavy (non-hydrogen) atoms. The minimum Gasteiger partial charge on any atom is -0.360 e. The second-order valence-electron chi connectivity index (χ2n) is 5.84. The van der Waals surface area contributed by atoms with Gasteiger partial charge in [0.15, 0.2) is 5.13 Å². The van der Waals surface area contributed by atoms with Crippen molar-refractivity contribution >= 4 is 42.6 Å². The van der Waals surface area contributed by atoms with Gasteiger partial charge in [-0.05, 0) is 24.3 Å². The van der Waals surface area contributed by atoms with Crippen LogP contribution in [0.15, 0.2) is 59.5 Å². The molecule has 2 aromatic carbocycles. The van der Waals surface area contributed by atoms with E-state index in [9.17, 15) is 13.2 Å². The molecule has 0 radical (unpaired) electrons. The number of likely N-dealkylation sites (N-methyl/N-ethyl adjacent to an activating group) is 1. The number of hydrogen-bond acceptors (Lipinski definition) is 6. The number of nitrogens with zero attached hydrogens (tertiary/aromatic N) is 2. The van der Waals surface area contributed by atoms with Crippen LogP contribution < -0.4 is 10.6 Å². The molecule has 0 bridgehead atoms. The van der Waals surface area contributed by atoms with Gasteiger partial charge in [-0.15, -0.1) is 0 Å². The van der Waals surface area contributed by atoms with Crippen LogP contribution in [0.25, 0.3) is 10.2 Å². The molecular formula is C18H20N4O3S2. The van der Waals surface area contributed by atoms with E-state index in [4.69, 9.17) is 0 Å². The summed E-state index contributed by atoms with van der Waals surface area (Å²) in [6.45, 7) is 0.632. The molecule has 0 fully saturated rings. The number of aromatic nitrogens is 1. The molecule has 142 valence electrons.